The van der Waals surface area contributed by atoms with Crippen molar-refractivity contribution in [2.45, 2.75) is 13.0 Å². The summed E-state index contributed by atoms with van der Waals surface area (Å²) in [5.41, 5.74) is 2.24. The van der Waals surface area contributed by atoms with Gasteiger partial charge < -0.3 is 9.84 Å². The molecule has 1 unspecified atom stereocenters. The highest BCUT2D eigenvalue weighted by Gasteiger charge is 2.47. The standard InChI is InChI=1S/C25H19Cl2NO4/c1-14-6-5-7-16(12-14)28-22(15-10-11-18(26)19(27)13-15)21(24(30)25(28)31)23(29)17-8-3-4-9-20(17)32-2/h3-13,22,29H,1-2H3/b23-21-. The fourth-order valence-corrected chi connectivity index (χ4v) is 4.17. The minimum absolute atomic E-state index is 0.0561. The molecule has 1 atom stereocenters. The second-order valence-corrected chi connectivity index (χ2v) is 8.20. The largest absolute Gasteiger partial charge is 0.507 e. The van der Waals surface area contributed by atoms with Crippen LogP contribution in [-0.2, 0) is 9.59 Å². The summed E-state index contributed by atoms with van der Waals surface area (Å²) in [7, 11) is 1.47. The molecule has 1 amide bonds. The molecule has 1 heterocycles. The Bertz CT molecular complexity index is 1270. The number of rotatable bonds is 4. The Morgan fingerprint density at radius 1 is 0.969 bits per heavy atom. The number of Topliss-reactive ketones (excluding diaryl/α,β-unsaturated/α-hetero) is 1. The van der Waals surface area contributed by atoms with Crippen molar-refractivity contribution in [2.24, 2.45) is 0 Å². The van der Waals surface area contributed by atoms with Gasteiger partial charge in [-0.3, -0.25) is 14.5 Å². The molecule has 0 aliphatic carbocycles. The number of para-hydroxylation sites is 1. The second kappa shape index (κ2) is 8.69. The molecule has 1 N–H and O–H groups in total. The zero-order valence-corrected chi connectivity index (χ0v) is 18.8. The van der Waals surface area contributed by atoms with Crippen LogP contribution in [0.4, 0.5) is 5.69 Å². The van der Waals surface area contributed by atoms with E-state index in [2.05, 4.69) is 0 Å². The summed E-state index contributed by atoms with van der Waals surface area (Å²) in [5, 5.41) is 11.9. The van der Waals surface area contributed by atoms with Crippen molar-refractivity contribution in [3.8, 4) is 5.75 Å². The number of halogens is 2. The molecule has 3 aromatic carbocycles. The maximum Gasteiger partial charge on any atom is 0.300 e. The molecule has 0 saturated carbocycles. The number of anilines is 1. The predicted molar refractivity (Wildman–Crippen MR) is 125 cm³/mol. The number of hydrogen-bond donors (Lipinski definition) is 1. The first-order chi connectivity index (χ1) is 15.3. The van der Waals surface area contributed by atoms with Crippen molar-refractivity contribution in [1.29, 1.82) is 0 Å². The van der Waals surface area contributed by atoms with Gasteiger partial charge in [-0.2, -0.15) is 0 Å². The molecule has 162 valence electrons. The minimum Gasteiger partial charge on any atom is -0.507 e. The lowest BCUT2D eigenvalue weighted by atomic mass is 9.94. The van der Waals surface area contributed by atoms with Crippen molar-refractivity contribution in [2.75, 3.05) is 12.0 Å². The van der Waals surface area contributed by atoms with E-state index < -0.39 is 17.7 Å². The number of ether oxygens (including phenoxy) is 1. The topological polar surface area (TPSA) is 66.8 Å². The van der Waals surface area contributed by atoms with E-state index in [4.69, 9.17) is 27.9 Å². The monoisotopic (exact) mass is 467 g/mol. The molecule has 3 aromatic rings. The van der Waals surface area contributed by atoms with E-state index in [9.17, 15) is 14.7 Å². The second-order valence-electron chi connectivity index (χ2n) is 7.38. The molecule has 1 aliphatic rings. The zero-order chi connectivity index (χ0) is 23.0. The van der Waals surface area contributed by atoms with Crippen LogP contribution in [0.25, 0.3) is 5.76 Å². The predicted octanol–water partition coefficient (Wildman–Crippen LogP) is 5.94. The quantitative estimate of drug-likeness (QED) is 0.293. The Kier molecular flexibility index (Phi) is 5.96. The molecule has 1 saturated heterocycles. The number of carbonyl (C=O) groups is 2. The Morgan fingerprint density at radius 2 is 1.72 bits per heavy atom. The third-order valence-electron chi connectivity index (χ3n) is 5.35. The van der Waals surface area contributed by atoms with E-state index in [1.54, 1.807) is 60.7 Å². The van der Waals surface area contributed by atoms with Gasteiger partial charge in [0.2, 0.25) is 0 Å². The molecule has 0 radical (unpaired) electrons. The summed E-state index contributed by atoms with van der Waals surface area (Å²) in [4.78, 5) is 27.8. The lowest BCUT2D eigenvalue weighted by Crippen LogP contribution is -2.29. The molecule has 1 aliphatic heterocycles. The van der Waals surface area contributed by atoms with Crippen molar-refractivity contribution in [3.05, 3.63) is 99.0 Å². The van der Waals surface area contributed by atoms with Crippen LogP contribution in [0.1, 0.15) is 22.7 Å². The van der Waals surface area contributed by atoms with E-state index in [0.717, 1.165) is 5.56 Å². The third kappa shape index (κ3) is 3.74. The highest BCUT2D eigenvalue weighted by atomic mass is 35.5. The van der Waals surface area contributed by atoms with Crippen LogP contribution in [0.2, 0.25) is 10.0 Å². The molecule has 32 heavy (non-hydrogen) atoms. The van der Waals surface area contributed by atoms with Crippen LogP contribution in [0.5, 0.6) is 5.75 Å². The van der Waals surface area contributed by atoms with Gasteiger partial charge in [-0.1, -0.05) is 53.5 Å². The average Bonchev–Trinajstić information content (AvgIpc) is 3.05. The molecular weight excluding hydrogens is 449 g/mol. The van der Waals surface area contributed by atoms with Gasteiger partial charge in [0.15, 0.2) is 0 Å². The van der Waals surface area contributed by atoms with Crippen molar-refractivity contribution < 1.29 is 19.4 Å². The van der Waals surface area contributed by atoms with Gasteiger partial charge in [0.25, 0.3) is 11.7 Å². The highest BCUT2D eigenvalue weighted by Crippen LogP contribution is 2.44. The van der Waals surface area contributed by atoms with Crippen LogP contribution in [-0.4, -0.2) is 23.9 Å². The summed E-state index contributed by atoms with van der Waals surface area (Å²) in [6.07, 6.45) is 0. The normalized spacial score (nSPS) is 17.6. The van der Waals surface area contributed by atoms with Crippen LogP contribution < -0.4 is 9.64 Å². The first-order valence-electron chi connectivity index (χ1n) is 9.79. The van der Waals surface area contributed by atoms with E-state index >= 15 is 0 Å². The number of ketones is 1. The fourth-order valence-electron chi connectivity index (χ4n) is 3.86. The van der Waals surface area contributed by atoms with Crippen molar-refractivity contribution in [1.82, 2.24) is 0 Å². The fraction of sp³-hybridized carbons (Fsp3) is 0.120. The van der Waals surface area contributed by atoms with Gasteiger partial charge >= 0.3 is 0 Å². The highest BCUT2D eigenvalue weighted by molar-refractivity contribution is 6.52. The van der Waals surface area contributed by atoms with Gasteiger partial charge in [0, 0.05) is 5.69 Å². The number of aryl methyl sites for hydroxylation is 1. The SMILES string of the molecule is COc1ccccc1/C(O)=C1/C(=O)C(=O)N(c2cccc(C)c2)C1c1ccc(Cl)c(Cl)c1. The van der Waals surface area contributed by atoms with E-state index in [1.807, 2.05) is 13.0 Å². The Labute approximate surface area is 195 Å². The lowest BCUT2D eigenvalue weighted by molar-refractivity contribution is -0.132. The first-order valence-corrected chi connectivity index (χ1v) is 10.5. The number of aliphatic hydroxyl groups is 1. The number of methoxy groups -OCH3 is 1. The van der Waals surface area contributed by atoms with Crippen molar-refractivity contribution in [3.63, 3.8) is 0 Å². The van der Waals surface area contributed by atoms with Gasteiger partial charge in [-0.05, 0) is 54.4 Å². The molecule has 1 fully saturated rings. The number of aliphatic hydroxyl groups excluding tert-OH is 1. The molecule has 0 bridgehead atoms. The van der Waals surface area contributed by atoms with E-state index in [0.29, 0.717) is 27.6 Å². The molecule has 5 nitrogen and oxygen atoms in total. The lowest BCUT2D eigenvalue weighted by Gasteiger charge is -2.26. The van der Waals surface area contributed by atoms with Crippen LogP contribution >= 0.6 is 23.2 Å². The smallest absolute Gasteiger partial charge is 0.300 e. The molecule has 4 rings (SSSR count). The number of carbonyl (C=O) groups excluding carboxylic acids is 2. The molecule has 0 aromatic heterocycles. The average molecular weight is 468 g/mol. The zero-order valence-electron chi connectivity index (χ0n) is 17.3. The number of hydrogen-bond acceptors (Lipinski definition) is 4. The molecule has 0 spiro atoms. The third-order valence-corrected chi connectivity index (χ3v) is 6.08. The molecular formula is C25H19Cl2NO4. The summed E-state index contributed by atoms with van der Waals surface area (Å²) >= 11 is 12.4. The van der Waals surface area contributed by atoms with Gasteiger partial charge in [-0.25, -0.2) is 0 Å². The van der Waals surface area contributed by atoms with Gasteiger partial charge in [0.1, 0.15) is 11.5 Å². The first kappa shape index (κ1) is 21.9. The van der Waals surface area contributed by atoms with Gasteiger partial charge in [0.05, 0.1) is 34.3 Å². The van der Waals surface area contributed by atoms with Crippen molar-refractivity contribution >= 4 is 46.3 Å². The Morgan fingerprint density at radius 3 is 2.41 bits per heavy atom. The Hall–Kier alpha value is -3.28. The maximum atomic E-state index is 13.2. The minimum atomic E-state index is -0.906. The summed E-state index contributed by atoms with van der Waals surface area (Å²) in [6, 6.07) is 18.0. The molecule has 7 heteroatoms. The number of benzene rings is 3. The van der Waals surface area contributed by atoms with Crippen LogP contribution in [0.3, 0.4) is 0 Å². The van der Waals surface area contributed by atoms with Crippen LogP contribution in [0.15, 0.2) is 72.3 Å². The number of amides is 1. The maximum absolute atomic E-state index is 13.2. The Balaban J connectivity index is 2.00. The summed E-state index contributed by atoms with van der Waals surface area (Å²) in [6.45, 7) is 1.89. The number of nitrogens with zero attached hydrogens (tertiary/aromatic N) is 1. The van der Waals surface area contributed by atoms with E-state index in [-0.39, 0.29) is 16.4 Å². The van der Waals surface area contributed by atoms with E-state index in [1.165, 1.54) is 12.0 Å². The summed E-state index contributed by atoms with van der Waals surface area (Å²) < 4.78 is 5.35. The van der Waals surface area contributed by atoms with Crippen LogP contribution in [0, 0.1) is 6.92 Å². The summed E-state index contributed by atoms with van der Waals surface area (Å²) in [5.74, 6) is -1.50. The van der Waals surface area contributed by atoms with Gasteiger partial charge in [-0.15, -0.1) is 0 Å².